The average molecular weight is 499 g/mol. The van der Waals surface area contributed by atoms with Crippen LogP contribution in [0.2, 0.25) is 5.02 Å². The largest absolute Gasteiger partial charge is 0.480 e. The lowest BCUT2D eigenvalue weighted by atomic mass is 9.90. The molecule has 9 heteroatoms. The van der Waals surface area contributed by atoms with Gasteiger partial charge in [0.05, 0.1) is 22.7 Å². The molecule has 3 aromatic rings. The lowest BCUT2D eigenvalue weighted by Crippen LogP contribution is -2.42. The highest BCUT2D eigenvalue weighted by molar-refractivity contribution is 6.31. The lowest BCUT2D eigenvalue weighted by Gasteiger charge is -2.30. The fourth-order valence-electron chi connectivity index (χ4n) is 4.55. The summed E-state index contributed by atoms with van der Waals surface area (Å²) in [6.45, 7) is 0. The molecule has 0 bridgehead atoms. The Balaban J connectivity index is 1.98. The van der Waals surface area contributed by atoms with Gasteiger partial charge in [0.2, 0.25) is 0 Å². The van der Waals surface area contributed by atoms with E-state index in [1.807, 2.05) is 0 Å². The third kappa shape index (κ3) is 4.47. The van der Waals surface area contributed by atoms with Crippen molar-refractivity contribution in [2.45, 2.75) is 31.1 Å². The Morgan fingerprint density at radius 1 is 1.00 bits per heavy atom. The summed E-state index contributed by atoms with van der Waals surface area (Å²) in [5.74, 6) is -2.26. The van der Waals surface area contributed by atoms with E-state index in [9.17, 15) is 33.1 Å². The maximum atomic E-state index is 14.0. The van der Waals surface area contributed by atoms with E-state index in [-0.39, 0.29) is 18.4 Å². The predicted molar refractivity (Wildman–Crippen MR) is 123 cm³/mol. The van der Waals surface area contributed by atoms with E-state index in [2.05, 4.69) is 0 Å². The predicted octanol–water partition coefficient (Wildman–Crippen LogP) is 6.33. The van der Waals surface area contributed by atoms with E-state index in [0.717, 1.165) is 17.0 Å². The maximum Gasteiger partial charge on any atom is 0.417 e. The smallest absolute Gasteiger partial charge is 0.417 e. The molecule has 0 spiro atoms. The Hall–Kier alpha value is -3.83. The van der Waals surface area contributed by atoms with E-state index >= 15 is 0 Å². The van der Waals surface area contributed by atoms with Gasteiger partial charge in [-0.2, -0.15) is 18.4 Å². The quantitative estimate of drug-likeness (QED) is 0.456. The van der Waals surface area contributed by atoms with E-state index in [0.29, 0.717) is 16.1 Å². The van der Waals surface area contributed by atoms with Crippen LogP contribution in [0.4, 0.5) is 13.2 Å². The van der Waals surface area contributed by atoms with Crippen molar-refractivity contribution in [3.8, 4) is 17.2 Å². The number of amides is 1. The van der Waals surface area contributed by atoms with Gasteiger partial charge in [0.15, 0.2) is 0 Å². The number of alkyl halides is 3. The summed E-state index contributed by atoms with van der Waals surface area (Å²) in [4.78, 5) is 27.1. The van der Waals surface area contributed by atoms with Crippen molar-refractivity contribution in [2.75, 3.05) is 0 Å². The number of halogens is 4. The van der Waals surface area contributed by atoms with Gasteiger partial charge in [-0.3, -0.25) is 4.79 Å². The normalized spacial score (nSPS) is 17.7. The number of carboxylic acids is 1. The molecular formula is C26H18ClF3N2O3. The topological polar surface area (TPSA) is 81.4 Å². The van der Waals surface area contributed by atoms with Crippen LogP contribution in [0.5, 0.6) is 0 Å². The standard InChI is InChI=1S/C26H18ClF3N2O3/c27-20-9-5-4-8-17(20)21-12-13-22(25(34)35)32(21)24(33)23-16(15-6-2-1-3-7-15)10-11-19(18(23)14-31)26(28,29)30/h1-11,21-22H,12-13H2,(H,34,35). The molecule has 2 atom stereocenters. The van der Waals surface area contributed by atoms with Crippen LogP contribution < -0.4 is 0 Å². The number of aliphatic carboxylic acids is 1. The zero-order chi connectivity index (χ0) is 25.3. The molecule has 0 aliphatic carbocycles. The number of likely N-dealkylation sites (tertiary alicyclic amines) is 1. The Kier molecular flexibility index (Phi) is 6.55. The molecule has 0 radical (unpaired) electrons. The molecule has 178 valence electrons. The van der Waals surface area contributed by atoms with Gasteiger partial charge in [-0.25, -0.2) is 4.79 Å². The molecule has 0 saturated carbocycles. The number of nitriles is 1. The van der Waals surface area contributed by atoms with Crippen LogP contribution in [0.1, 0.15) is 45.9 Å². The zero-order valence-electron chi connectivity index (χ0n) is 18.1. The monoisotopic (exact) mass is 498 g/mol. The molecule has 1 heterocycles. The van der Waals surface area contributed by atoms with Crippen LogP contribution in [0.25, 0.3) is 11.1 Å². The van der Waals surface area contributed by atoms with Crippen LogP contribution in [0, 0.1) is 11.3 Å². The minimum Gasteiger partial charge on any atom is -0.480 e. The number of benzene rings is 3. The van der Waals surface area contributed by atoms with Crippen LogP contribution >= 0.6 is 11.6 Å². The molecule has 1 aliphatic heterocycles. The maximum absolute atomic E-state index is 14.0. The summed E-state index contributed by atoms with van der Waals surface area (Å²) in [6.07, 6.45) is -4.57. The zero-order valence-corrected chi connectivity index (χ0v) is 18.8. The molecular weight excluding hydrogens is 481 g/mol. The van der Waals surface area contributed by atoms with Crippen LogP contribution in [-0.2, 0) is 11.0 Å². The molecule has 1 N–H and O–H groups in total. The van der Waals surface area contributed by atoms with E-state index in [4.69, 9.17) is 11.6 Å². The second-order valence-corrected chi connectivity index (χ2v) is 8.47. The average Bonchev–Trinajstić information content (AvgIpc) is 3.28. The van der Waals surface area contributed by atoms with E-state index in [1.165, 1.54) is 0 Å². The van der Waals surface area contributed by atoms with Crippen molar-refractivity contribution in [2.24, 2.45) is 0 Å². The second kappa shape index (κ2) is 9.43. The molecule has 1 saturated heterocycles. The second-order valence-electron chi connectivity index (χ2n) is 8.07. The van der Waals surface area contributed by atoms with Gasteiger partial charge in [-0.1, -0.05) is 66.2 Å². The molecule has 1 fully saturated rings. The van der Waals surface area contributed by atoms with Gasteiger partial charge >= 0.3 is 12.1 Å². The minimum absolute atomic E-state index is 0.0818. The molecule has 35 heavy (non-hydrogen) atoms. The number of carboxylic acid groups (broad SMARTS) is 1. The fourth-order valence-corrected chi connectivity index (χ4v) is 4.81. The van der Waals surface area contributed by atoms with Gasteiger partial charge in [0, 0.05) is 5.02 Å². The molecule has 4 rings (SSSR count). The summed E-state index contributed by atoms with van der Waals surface area (Å²) in [5.41, 5.74) is -1.59. The molecule has 1 amide bonds. The molecule has 2 unspecified atom stereocenters. The van der Waals surface area contributed by atoms with Crippen molar-refractivity contribution in [3.05, 3.63) is 94.0 Å². The van der Waals surface area contributed by atoms with E-state index in [1.54, 1.807) is 60.7 Å². The van der Waals surface area contributed by atoms with Crippen molar-refractivity contribution in [1.29, 1.82) is 5.26 Å². The first-order valence-corrected chi connectivity index (χ1v) is 11.0. The van der Waals surface area contributed by atoms with Gasteiger partial charge in [-0.15, -0.1) is 0 Å². The number of hydrogen-bond donors (Lipinski definition) is 1. The van der Waals surface area contributed by atoms with Crippen LogP contribution in [0.3, 0.4) is 0 Å². The summed E-state index contributed by atoms with van der Waals surface area (Å²) in [6, 6.07) is 16.2. The Bertz CT molecular complexity index is 1340. The first kappa shape index (κ1) is 24.3. The third-order valence-corrected chi connectivity index (χ3v) is 6.43. The molecule has 1 aliphatic rings. The van der Waals surface area contributed by atoms with Gasteiger partial charge in [0.25, 0.3) is 5.91 Å². The van der Waals surface area contributed by atoms with Gasteiger partial charge in [-0.05, 0) is 41.7 Å². The number of carbonyl (C=O) groups is 2. The highest BCUT2D eigenvalue weighted by Crippen LogP contribution is 2.43. The summed E-state index contributed by atoms with van der Waals surface area (Å²) < 4.78 is 41.4. The highest BCUT2D eigenvalue weighted by Gasteiger charge is 2.45. The van der Waals surface area contributed by atoms with Crippen molar-refractivity contribution in [3.63, 3.8) is 0 Å². The summed E-state index contributed by atoms with van der Waals surface area (Å²) in [5, 5.41) is 19.9. The van der Waals surface area contributed by atoms with Gasteiger partial charge < -0.3 is 10.0 Å². The highest BCUT2D eigenvalue weighted by atomic mass is 35.5. The Morgan fingerprint density at radius 3 is 2.26 bits per heavy atom. The number of hydrogen-bond acceptors (Lipinski definition) is 3. The molecule has 3 aromatic carbocycles. The SMILES string of the molecule is N#Cc1c(C(F)(F)F)ccc(-c2ccccc2)c1C(=O)N1C(C(=O)O)CCC1c1ccccc1Cl. The summed E-state index contributed by atoms with van der Waals surface area (Å²) in [7, 11) is 0. The number of nitrogens with zero attached hydrogens (tertiary/aromatic N) is 2. The van der Waals surface area contributed by atoms with Crippen LogP contribution in [0.15, 0.2) is 66.7 Å². The van der Waals surface area contributed by atoms with Crippen LogP contribution in [-0.4, -0.2) is 27.9 Å². The first-order chi connectivity index (χ1) is 16.6. The van der Waals surface area contributed by atoms with Crippen molar-refractivity contribution < 1.29 is 27.9 Å². The van der Waals surface area contributed by atoms with E-state index < -0.39 is 46.8 Å². The minimum atomic E-state index is -4.89. The fraction of sp³-hybridized carbons (Fsp3) is 0.192. The first-order valence-electron chi connectivity index (χ1n) is 10.6. The Labute approximate surface area is 204 Å². The molecule has 5 nitrogen and oxygen atoms in total. The third-order valence-electron chi connectivity index (χ3n) is 6.09. The number of rotatable bonds is 4. The van der Waals surface area contributed by atoms with Crippen molar-refractivity contribution >= 4 is 23.5 Å². The van der Waals surface area contributed by atoms with Crippen molar-refractivity contribution in [1.82, 2.24) is 4.90 Å². The lowest BCUT2D eigenvalue weighted by molar-refractivity contribution is -0.142. The number of carbonyl (C=O) groups excluding carboxylic acids is 1. The summed E-state index contributed by atoms with van der Waals surface area (Å²) >= 11 is 6.33. The molecule has 0 aromatic heterocycles. The van der Waals surface area contributed by atoms with Gasteiger partial charge in [0.1, 0.15) is 12.1 Å². The Morgan fingerprint density at radius 2 is 1.66 bits per heavy atom.